The molecule has 0 aliphatic rings. The van der Waals surface area contributed by atoms with Gasteiger partial charge >= 0.3 is 0 Å². The normalized spacial score (nSPS) is 11.2. The molecule has 1 rings (SSSR count). The highest BCUT2D eigenvalue weighted by Gasteiger charge is 2.17. The summed E-state index contributed by atoms with van der Waals surface area (Å²) in [6, 6.07) is 10.6. The lowest BCUT2D eigenvalue weighted by molar-refractivity contribution is 0.0918. The fraction of sp³-hybridized carbons (Fsp3) is 0.308. The third-order valence-electron chi connectivity index (χ3n) is 2.48. The summed E-state index contributed by atoms with van der Waals surface area (Å²) >= 11 is 0. The van der Waals surface area contributed by atoms with Crippen molar-refractivity contribution in [3.05, 3.63) is 35.4 Å². The number of hydrogen-bond acceptors (Lipinski definition) is 3. The van der Waals surface area contributed by atoms with Crippen molar-refractivity contribution in [1.82, 2.24) is 0 Å². The minimum Gasteiger partial charge on any atom is -0.294 e. The first kappa shape index (κ1) is 11.9. The smallest absolute Gasteiger partial charge is 0.167 e. The molecule has 0 saturated carbocycles. The summed E-state index contributed by atoms with van der Waals surface area (Å²) in [4.78, 5) is 12.0. The van der Waals surface area contributed by atoms with E-state index in [0.717, 1.165) is 0 Å². The van der Waals surface area contributed by atoms with E-state index in [9.17, 15) is 4.79 Å². The predicted molar refractivity (Wildman–Crippen MR) is 59.5 cm³/mol. The number of benzene rings is 1. The molecule has 0 radical (unpaired) electrons. The van der Waals surface area contributed by atoms with Crippen molar-refractivity contribution < 1.29 is 4.79 Å². The number of Topliss-reactive ketones (excluding diaryl/α,β-unsaturated/α-hetero) is 1. The number of carbonyl (C=O) groups excluding carboxylic acids is 1. The number of ketones is 1. The monoisotopic (exact) mass is 212 g/mol. The molecule has 0 amide bonds. The lowest BCUT2D eigenvalue weighted by atomic mass is 9.92. The summed E-state index contributed by atoms with van der Waals surface area (Å²) in [6.07, 6.45) is 0.870. The van der Waals surface area contributed by atoms with Gasteiger partial charge in [-0.1, -0.05) is 19.1 Å². The van der Waals surface area contributed by atoms with Gasteiger partial charge in [0.25, 0.3) is 0 Å². The van der Waals surface area contributed by atoms with Crippen molar-refractivity contribution in [2.24, 2.45) is 5.92 Å². The van der Waals surface area contributed by atoms with Gasteiger partial charge < -0.3 is 0 Å². The molecule has 0 spiro atoms. The van der Waals surface area contributed by atoms with E-state index in [1.165, 1.54) is 0 Å². The maximum absolute atomic E-state index is 12.0. The Bertz CT molecular complexity index is 466. The average Bonchev–Trinajstić information content (AvgIpc) is 2.35. The third kappa shape index (κ3) is 2.68. The van der Waals surface area contributed by atoms with Crippen LogP contribution in [0.25, 0.3) is 0 Å². The molecule has 80 valence electrons. The summed E-state index contributed by atoms with van der Waals surface area (Å²) < 4.78 is 0. The van der Waals surface area contributed by atoms with Crippen molar-refractivity contribution in [1.29, 1.82) is 10.5 Å². The summed E-state index contributed by atoms with van der Waals surface area (Å²) in [6.45, 7) is 1.88. The maximum atomic E-state index is 12.0. The second kappa shape index (κ2) is 5.68. The van der Waals surface area contributed by atoms with Gasteiger partial charge in [0.15, 0.2) is 5.78 Å². The highest BCUT2D eigenvalue weighted by molar-refractivity contribution is 5.98. The molecule has 0 fully saturated rings. The first-order chi connectivity index (χ1) is 7.72. The van der Waals surface area contributed by atoms with Crippen molar-refractivity contribution in [2.75, 3.05) is 0 Å². The molecule has 0 aliphatic heterocycles. The van der Waals surface area contributed by atoms with Crippen LogP contribution in [0, 0.1) is 28.6 Å². The highest BCUT2D eigenvalue weighted by Crippen LogP contribution is 2.16. The standard InChI is InChI=1S/C13H12N2O/c1-2-11(6-7-14)13(16)12-5-3-4-10(8-12)9-15/h3-5,8,11H,2,6H2,1H3. The van der Waals surface area contributed by atoms with Gasteiger partial charge in [-0.25, -0.2) is 0 Å². The van der Waals surface area contributed by atoms with Crippen LogP contribution in [0.1, 0.15) is 35.7 Å². The zero-order valence-electron chi connectivity index (χ0n) is 9.10. The first-order valence-electron chi connectivity index (χ1n) is 5.14. The molecule has 3 nitrogen and oxygen atoms in total. The lowest BCUT2D eigenvalue weighted by Gasteiger charge is -2.09. The van der Waals surface area contributed by atoms with E-state index in [2.05, 4.69) is 0 Å². The Morgan fingerprint density at radius 2 is 2.19 bits per heavy atom. The summed E-state index contributed by atoms with van der Waals surface area (Å²) in [5, 5.41) is 17.3. The van der Waals surface area contributed by atoms with Crippen molar-refractivity contribution in [3.63, 3.8) is 0 Å². The second-order valence-corrected chi connectivity index (χ2v) is 3.52. The Morgan fingerprint density at radius 3 is 2.75 bits per heavy atom. The van der Waals surface area contributed by atoms with Crippen LogP contribution in [-0.2, 0) is 0 Å². The van der Waals surface area contributed by atoms with Crippen molar-refractivity contribution in [3.8, 4) is 12.1 Å². The molecular formula is C13H12N2O. The molecule has 1 unspecified atom stereocenters. The number of nitrogens with zero attached hydrogens (tertiary/aromatic N) is 2. The average molecular weight is 212 g/mol. The van der Waals surface area contributed by atoms with E-state index in [0.29, 0.717) is 17.5 Å². The van der Waals surface area contributed by atoms with E-state index >= 15 is 0 Å². The molecule has 0 bridgehead atoms. The molecule has 0 heterocycles. The largest absolute Gasteiger partial charge is 0.294 e. The number of carbonyl (C=O) groups is 1. The summed E-state index contributed by atoms with van der Waals surface area (Å²) in [5.74, 6) is -0.319. The molecule has 0 N–H and O–H groups in total. The number of rotatable bonds is 4. The molecule has 3 heteroatoms. The molecule has 1 aromatic carbocycles. The quantitative estimate of drug-likeness (QED) is 0.720. The highest BCUT2D eigenvalue weighted by atomic mass is 16.1. The van der Waals surface area contributed by atoms with Gasteiger partial charge in [0.2, 0.25) is 0 Å². The van der Waals surface area contributed by atoms with E-state index in [1.807, 2.05) is 19.1 Å². The molecule has 0 saturated heterocycles. The van der Waals surface area contributed by atoms with Gasteiger partial charge in [-0.2, -0.15) is 10.5 Å². The molecule has 16 heavy (non-hydrogen) atoms. The zero-order valence-corrected chi connectivity index (χ0v) is 9.10. The van der Waals surface area contributed by atoms with Crippen LogP contribution < -0.4 is 0 Å². The minimum absolute atomic E-state index is 0.0545. The fourth-order valence-corrected chi connectivity index (χ4v) is 1.51. The topological polar surface area (TPSA) is 64.7 Å². The minimum atomic E-state index is -0.265. The van der Waals surface area contributed by atoms with Crippen LogP contribution in [0.4, 0.5) is 0 Å². The lowest BCUT2D eigenvalue weighted by Crippen LogP contribution is -2.13. The van der Waals surface area contributed by atoms with Crippen LogP contribution in [0.2, 0.25) is 0 Å². The van der Waals surface area contributed by atoms with Crippen molar-refractivity contribution >= 4 is 5.78 Å². The Balaban J connectivity index is 2.96. The summed E-state index contributed by atoms with van der Waals surface area (Å²) in [7, 11) is 0. The third-order valence-corrected chi connectivity index (χ3v) is 2.48. The second-order valence-electron chi connectivity index (χ2n) is 3.52. The van der Waals surface area contributed by atoms with E-state index in [-0.39, 0.29) is 18.1 Å². The number of nitriles is 2. The van der Waals surface area contributed by atoms with E-state index < -0.39 is 0 Å². The van der Waals surface area contributed by atoms with Crippen LogP contribution in [0.3, 0.4) is 0 Å². The van der Waals surface area contributed by atoms with E-state index in [1.54, 1.807) is 24.3 Å². The Kier molecular flexibility index (Phi) is 4.24. The molecule has 0 aliphatic carbocycles. The maximum Gasteiger partial charge on any atom is 0.167 e. The van der Waals surface area contributed by atoms with E-state index in [4.69, 9.17) is 10.5 Å². The van der Waals surface area contributed by atoms with Gasteiger partial charge in [0.05, 0.1) is 17.7 Å². The SMILES string of the molecule is CCC(CC#N)C(=O)c1cccc(C#N)c1. The Morgan fingerprint density at radius 1 is 1.44 bits per heavy atom. The van der Waals surface area contributed by atoms with Gasteiger partial charge in [0, 0.05) is 17.9 Å². The molecule has 0 aromatic heterocycles. The Hall–Kier alpha value is -2.13. The van der Waals surface area contributed by atoms with Crippen molar-refractivity contribution in [2.45, 2.75) is 19.8 Å². The molecule has 1 atom stereocenters. The summed E-state index contributed by atoms with van der Waals surface area (Å²) in [5.41, 5.74) is 0.985. The van der Waals surface area contributed by atoms with Crippen LogP contribution in [-0.4, -0.2) is 5.78 Å². The van der Waals surface area contributed by atoms with Gasteiger partial charge in [-0.15, -0.1) is 0 Å². The van der Waals surface area contributed by atoms with Gasteiger partial charge in [0.1, 0.15) is 0 Å². The van der Waals surface area contributed by atoms with Crippen LogP contribution in [0.5, 0.6) is 0 Å². The van der Waals surface area contributed by atoms with Gasteiger partial charge in [-0.3, -0.25) is 4.79 Å². The van der Waals surface area contributed by atoms with Gasteiger partial charge in [-0.05, 0) is 18.6 Å². The predicted octanol–water partition coefficient (Wildman–Crippen LogP) is 2.68. The molecular weight excluding hydrogens is 200 g/mol. The molecule has 1 aromatic rings. The van der Waals surface area contributed by atoms with Crippen LogP contribution >= 0.6 is 0 Å². The fourth-order valence-electron chi connectivity index (χ4n) is 1.51. The van der Waals surface area contributed by atoms with Crippen LogP contribution in [0.15, 0.2) is 24.3 Å². The Labute approximate surface area is 94.9 Å². The zero-order chi connectivity index (χ0) is 12.0. The number of hydrogen-bond donors (Lipinski definition) is 0. The first-order valence-corrected chi connectivity index (χ1v) is 5.14.